The first-order valence-electron chi connectivity index (χ1n) is 5.42. The summed E-state index contributed by atoms with van der Waals surface area (Å²) in [7, 11) is 1.63. The highest BCUT2D eigenvalue weighted by atomic mass is 16.5. The lowest BCUT2D eigenvalue weighted by atomic mass is 10.2. The van der Waals surface area contributed by atoms with Gasteiger partial charge in [-0.1, -0.05) is 18.2 Å². The molecule has 0 saturated carbocycles. The second-order valence-corrected chi connectivity index (χ2v) is 3.76. The summed E-state index contributed by atoms with van der Waals surface area (Å²) < 4.78 is 5.29. The van der Waals surface area contributed by atoms with Crippen molar-refractivity contribution in [3.63, 3.8) is 0 Å². The average molecular weight is 220 g/mol. The Labute approximate surface area is 95.2 Å². The van der Waals surface area contributed by atoms with E-state index in [-0.39, 0.29) is 12.1 Å². The van der Waals surface area contributed by atoms with Gasteiger partial charge in [0.25, 0.3) is 5.91 Å². The zero-order chi connectivity index (χ0) is 11.4. The number of methoxy groups -OCH3 is 1. The second-order valence-electron chi connectivity index (χ2n) is 3.76. The van der Waals surface area contributed by atoms with E-state index in [9.17, 15) is 4.79 Å². The lowest BCUT2D eigenvalue weighted by Gasteiger charge is -2.35. The zero-order valence-electron chi connectivity index (χ0n) is 9.35. The van der Waals surface area contributed by atoms with Crippen LogP contribution in [0, 0.1) is 0 Å². The third-order valence-corrected chi connectivity index (χ3v) is 2.75. The lowest BCUT2D eigenvalue weighted by molar-refractivity contribution is -0.0312. The van der Waals surface area contributed by atoms with Gasteiger partial charge in [-0.2, -0.15) is 0 Å². The highest BCUT2D eigenvalue weighted by Crippen LogP contribution is 2.10. The number of carbonyl (C=O) groups is 1. The fourth-order valence-corrected chi connectivity index (χ4v) is 1.87. The molecule has 1 aliphatic rings. The Morgan fingerprint density at radius 2 is 2.19 bits per heavy atom. The number of benzene rings is 1. The van der Waals surface area contributed by atoms with Crippen LogP contribution in [0.3, 0.4) is 0 Å². The molecule has 0 aliphatic carbocycles. The van der Waals surface area contributed by atoms with Crippen LogP contribution in [-0.4, -0.2) is 43.8 Å². The number of nitrogens with one attached hydrogen (secondary N) is 1. The Hall–Kier alpha value is -1.39. The Balaban J connectivity index is 2.14. The van der Waals surface area contributed by atoms with Crippen molar-refractivity contribution < 1.29 is 9.53 Å². The third kappa shape index (κ3) is 2.23. The molecule has 1 aromatic carbocycles. The second kappa shape index (κ2) is 5.09. The van der Waals surface area contributed by atoms with Crippen molar-refractivity contribution in [2.45, 2.75) is 6.23 Å². The number of nitrogens with zero attached hydrogens (tertiary/aromatic N) is 1. The van der Waals surface area contributed by atoms with Crippen molar-refractivity contribution in [1.29, 1.82) is 0 Å². The number of piperazine rings is 1. The van der Waals surface area contributed by atoms with E-state index in [4.69, 9.17) is 4.74 Å². The van der Waals surface area contributed by atoms with Gasteiger partial charge in [-0.25, -0.2) is 0 Å². The van der Waals surface area contributed by atoms with Gasteiger partial charge in [-0.15, -0.1) is 0 Å². The quantitative estimate of drug-likeness (QED) is 0.798. The number of carbonyl (C=O) groups excluding carboxylic acids is 1. The van der Waals surface area contributed by atoms with Crippen molar-refractivity contribution in [3.8, 4) is 0 Å². The van der Waals surface area contributed by atoms with Crippen molar-refractivity contribution in [2.75, 3.05) is 26.7 Å². The van der Waals surface area contributed by atoms with E-state index < -0.39 is 0 Å². The molecule has 16 heavy (non-hydrogen) atoms. The number of ether oxygens (including phenoxy) is 1. The molecule has 0 aromatic heterocycles. The topological polar surface area (TPSA) is 41.6 Å². The molecule has 1 aliphatic heterocycles. The van der Waals surface area contributed by atoms with Crippen LogP contribution in [0.25, 0.3) is 0 Å². The number of rotatable bonds is 2. The summed E-state index contributed by atoms with van der Waals surface area (Å²) >= 11 is 0. The molecule has 1 aromatic rings. The minimum absolute atomic E-state index is 0.0361. The van der Waals surface area contributed by atoms with E-state index in [0.717, 1.165) is 6.54 Å². The highest BCUT2D eigenvalue weighted by molar-refractivity contribution is 5.94. The molecule has 1 atom stereocenters. The van der Waals surface area contributed by atoms with Crippen LogP contribution in [0.15, 0.2) is 30.3 Å². The van der Waals surface area contributed by atoms with Crippen LogP contribution in [0.1, 0.15) is 10.4 Å². The van der Waals surface area contributed by atoms with E-state index in [1.165, 1.54) is 0 Å². The van der Waals surface area contributed by atoms with Gasteiger partial charge in [-0.3, -0.25) is 4.79 Å². The van der Waals surface area contributed by atoms with Crippen molar-refractivity contribution >= 4 is 5.91 Å². The summed E-state index contributed by atoms with van der Waals surface area (Å²) in [5.41, 5.74) is 0.714. The van der Waals surface area contributed by atoms with Crippen molar-refractivity contribution in [1.82, 2.24) is 10.2 Å². The van der Waals surface area contributed by atoms with E-state index in [2.05, 4.69) is 5.32 Å². The fourth-order valence-electron chi connectivity index (χ4n) is 1.87. The van der Waals surface area contributed by atoms with Gasteiger partial charge in [0.2, 0.25) is 0 Å². The average Bonchev–Trinajstić information content (AvgIpc) is 2.39. The monoisotopic (exact) mass is 220 g/mol. The number of hydrogen-bond acceptors (Lipinski definition) is 3. The van der Waals surface area contributed by atoms with Gasteiger partial charge in [0, 0.05) is 32.3 Å². The van der Waals surface area contributed by atoms with Crippen LogP contribution >= 0.6 is 0 Å². The van der Waals surface area contributed by atoms with E-state index in [0.29, 0.717) is 18.7 Å². The number of amides is 1. The van der Waals surface area contributed by atoms with Crippen LogP contribution in [-0.2, 0) is 4.74 Å². The summed E-state index contributed by atoms with van der Waals surface area (Å²) in [4.78, 5) is 14.0. The van der Waals surface area contributed by atoms with Crippen LogP contribution in [0.5, 0.6) is 0 Å². The Morgan fingerprint density at radius 3 is 2.88 bits per heavy atom. The van der Waals surface area contributed by atoms with Crippen LogP contribution in [0.2, 0.25) is 0 Å². The predicted molar refractivity (Wildman–Crippen MR) is 61.1 cm³/mol. The zero-order valence-corrected chi connectivity index (χ0v) is 9.35. The van der Waals surface area contributed by atoms with Crippen LogP contribution in [0.4, 0.5) is 0 Å². The predicted octanol–water partition coefficient (Wildman–Crippen LogP) is 0.704. The van der Waals surface area contributed by atoms with E-state index >= 15 is 0 Å². The molecule has 1 N–H and O–H groups in total. The molecule has 1 unspecified atom stereocenters. The molecule has 4 heteroatoms. The summed E-state index contributed by atoms with van der Waals surface area (Å²) in [6.07, 6.45) is -0.165. The maximum absolute atomic E-state index is 12.2. The molecular formula is C12H16N2O2. The smallest absolute Gasteiger partial charge is 0.255 e. The van der Waals surface area contributed by atoms with Gasteiger partial charge in [0.1, 0.15) is 6.23 Å². The molecule has 0 radical (unpaired) electrons. The lowest BCUT2D eigenvalue weighted by Crippen LogP contribution is -2.54. The molecule has 2 rings (SSSR count). The van der Waals surface area contributed by atoms with Crippen molar-refractivity contribution in [3.05, 3.63) is 35.9 Å². The minimum Gasteiger partial charge on any atom is -0.360 e. The molecular weight excluding hydrogens is 204 g/mol. The molecule has 4 nitrogen and oxygen atoms in total. The van der Waals surface area contributed by atoms with Gasteiger partial charge in [-0.05, 0) is 12.1 Å². The summed E-state index contributed by atoms with van der Waals surface area (Å²) in [5.74, 6) is 0.0361. The summed E-state index contributed by atoms with van der Waals surface area (Å²) in [6, 6.07) is 9.31. The number of hydrogen-bond donors (Lipinski definition) is 1. The molecule has 0 spiro atoms. The standard InChI is InChI=1S/C12H16N2O2/c1-16-11-9-13-7-8-14(11)12(15)10-5-3-2-4-6-10/h2-6,11,13H,7-9H2,1H3. The first-order chi connectivity index (χ1) is 7.83. The molecule has 86 valence electrons. The van der Waals surface area contributed by atoms with Gasteiger partial charge in [0.05, 0.1) is 0 Å². The Bertz CT molecular complexity index is 353. The largest absolute Gasteiger partial charge is 0.360 e. The summed E-state index contributed by atoms with van der Waals surface area (Å²) in [5, 5.41) is 3.20. The SMILES string of the molecule is COC1CNCCN1C(=O)c1ccccc1. The molecule has 1 saturated heterocycles. The summed E-state index contributed by atoms with van der Waals surface area (Å²) in [6.45, 7) is 2.19. The maximum Gasteiger partial charge on any atom is 0.255 e. The van der Waals surface area contributed by atoms with Crippen LogP contribution < -0.4 is 5.32 Å². The Morgan fingerprint density at radius 1 is 1.44 bits per heavy atom. The van der Waals surface area contributed by atoms with E-state index in [1.54, 1.807) is 12.0 Å². The molecule has 1 amide bonds. The molecule has 1 heterocycles. The fraction of sp³-hybridized carbons (Fsp3) is 0.417. The first-order valence-corrected chi connectivity index (χ1v) is 5.42. The molecule has 0 bridgehead atoms. The third-order valence-electron chi connectivity index (χ3n) is 2.75. The van der Waals surface area contributed by atoms with E-state index in [1.807, 2.05) is 30.3 Å². The van der Waals surface area contributed by atoms with Gasteiger partial charge >= 0.3 is 0 Å². The van der Waals surface area contributed by atoms with Crippen molar-refractivity contribution in [2.24, 2.45) is 0 Å². The Kier molecular flexibility index (Phi) is 3.54. The van der Waals surface area contributed by atoms with Gasteiger partial charge < -0.3 is 15.0 Å². The molecule has 1 fully saturated rings. The highest BCUT2D eigenvalue weighted by Gasteiger charge is 2.26. The normalized spacial score (nSPS) is 20.8. The minimum atomic E-state index is -0.165. The first kappa shape index (κ1) is 11.1. The van der Waals surface area contributed by atoms with Gasteiger partial charge in [0.15, 0.2) is 0 Å². The maximum atomic E-state index is 12.2.